The minimum Gasteiger partial charge on any atom is -0.357 e. The lowest BCUT2D eigenvalue weighted by molar-refractivity contribution is -0.384. The van der Waals surface area contributed by atoms with Gasteiger partial charge in [-0.1, -0.05) is 0 Å². The van der Waals surface area contributed by atoms with Gasteiger partial charge in [-0.25, -0.2) is 0 Å². The number of nitro groups is 1. The fourth-order valence-corrected chi connectivity index (χ4v) is 2.49. The lowest BCUT2D eigenvalue weighted by Gasteiger charge is -2.22. The van der Waals surface area contributed by atoms with Crippen molar-refractivity contribution in [3.8, 4) is 0 Å². The van der Waals surface area contributed by atoms with E-state index in [1.807, 2.05) is 6.07 Å². The summed E-state index contributed by atoms with van der Waals surface area (Å²) < 4.78 is 0. The molecular formula is C12H13N3O2. The second kappa shape index (κ2) is 3.56. The number of hydrogen-bond acceptors (Lipinski definition) is 3. The van der Waals surface area contributed by atoms with Crippen LogP contribution in [0.4, 0.5) is 5.69 Å². The molecular weight excluding hydrogens is 218 g/mol. The molecule has 0 radical (unpaired) electrons. The Labute approximate surface area is 98.2 Å². The van der Waals surface area contributed by atoms with Crippen LogP contribution in [-0.2, 0) is 13.0 Å². The Bertz CT molecular complexity index is 603. The van der Waals surface area contributed by atoms with E-state index in [4.69, 9.17) is 0 Å². The standard InChI is InChI=1S/C12H13N3O2/c1-14-5-4-10-9-3-2-8(15(16)17)6-11(9)13-12(10)7-14/h2-3,6,13H,4-5,7H2,1H3. The third kappa shape index (κ3) is 1.59. The first kappa shape index (κ1) is 10.3. The van der Waals surface area contributed by atoms with E-state index in [-0.39, 0.29) is 10.6 Å². The molecule has 2 aromatic rings. The van der Waals surface area contributed by atoms with E-state index >= 15 is 0 Å². The smallest absolute Gasteiger partial charge is 0.271 e. The van der Waals surface area contributed by atoms with Crippen molar-refractivity contribution in [2.24, 2.45) is 0 Å². The molecule has 0 spiro atoms. The third-order valence-electron chi connectivity index (χ3n) is 3.36. The van der Waals surface area contributed by atoms with Crippen molar-refractivity contribution in [3.05, 3.63) is 39.6 Å². The summed E-state index contributed by atoms with van der Waals surface area (Å²) in [6.07, 6.45) is 1.00. The van der Waals surface area contributed by atoms with Crippen molar-refractivity contribution in [1.29, 1.82) is 0 Å². The molecule has 0 aliphatic carbocycles. The van der Waals surface area contributed by atoms with Gasteiger partial charge in [0.25, 0.3) is 5.69 Å². The van der Waals surface area contributed by atoms with Gasteiger partial charge < -0.3 is 9.88 Å². The zero-order chi connectivity index (χ0) is 12.0. The van der Waals surface area contributed by atoms with E-state index in [0.717, 1.165) is 30.4 Å². The third-order valence-corrected chi connectivity index (χ3v) is 3.36. The number of H-pyrrole nitrogens is 1. The highest BCUT2D eigenvalue weighted by Crippen LogP contribution is 2.29. The van der Waals surface area contributed by atoms with Crippen LogP contribution in [0.5, 0.6) is 0 Å². The monoisotopic (exact) mass is 231 g/mol. The van der Waals surface area contributed by atoms with Crippen LogP contribution < -0.4 is 0 Å². The zero-order valence-corrected chi connectivity index (χ0v) is 9.56. The average molecular weight is 231 g/mol. The van der Waals surface area contributed by atoms with Crippen LogP contribution in [0.2, 0.25) is 0 Å². The quantitative estimate of drug-likeness (QED) is 0.603. The van der Waals surface area contributed by atoms with Gasteiger partial charge in [0.15, 0.2) is 0 Å². The molecule has 0 unspecified atom stereocenters. The molecule has 0 atom stereocenters. The van der Waals surface area contributed by atoms with Gasteiger partial charge in [0.2, 0.25) is 0 Å². The van der Waals surface area contributed by atoms with E-state index in [0.29, 0.717) is 0 Å². The van der Waals surface area contributed by atoms with Crippen molar-refractivity contribution in [1.82, 2.24) is 9.88 Å². The Morgan fingerprint density at radius 3 is 3.06 bits per heavy atom. The maximum absolute atomic E-state index is 10.7. The van der Waals surface area contributed by atoms with Gasteiger partial charge in [-0.2, -0.15) is 0 Å². The van der Waals surface area contributed by atoms with E-state index in [2.05, 4.69) is 16.9 Å². The number of likely N-dealkylation sites (N-methyl/N-ethyl adjacent to an activating group) is 1. The highest BCUT2D eigenvalue weighted by Gasteiger charge is 2.19. The van der Waals surface area contributed by atoms with Gasteiger partial charge in [0.1, 0.15) is 0 Å². The molecule has 0 fully saturated rings. The molecule has 3 rings (SSSR count). The lowest BCUT2D eigenvalue weighted by Crippen LogP contribution is -2.26. The summed E-state index contributed by atoms with van der Waals surface area (Å²) in [7, 11) is 2.08. The maximum atomic E-state index is 10.7. The minimum absolute atomic E-state index is 0.143. The van der Waals surface area contributed by atoms with Crippen molar-refractivity contribution >= 4 is 16.6 Å². The van der Waals surface area contributed by atoms with Crippen LogP contribution in [-0.4, -0.2) is 28.4 Å². The van der Waals surface area contributed by atoms with Crippen molar-refractivity contribution in [2.45, 2.75) is 13.0 Å². The van der Waals surface area contributed by atoms with Crippen molar-refractivity contribution in [2.75, 3.05) is 13.6 Å². The largest absolute Gasteiger partial charge is 0.357 e. The molecule has 1 aromatic carbocycles. The summed E-state index contributed by atoms with van der Waals surface area (Å²) in [5, 5.41) is 11.8. The molecule has 0 amide bonds. The molecule has 2 heterocycles. The summed E-state index contributed by atoms with van der Waals surface area (Å²) >= 11 is 0. The summed E-state index contributed by atoms with van der Waals surface area (Å²) in [4.78, 5) is 15.9. The number of nitrogens with one attached hydrogen (secondary N) is 1. The Morgan fingerprint density at radius 1 is 1.47 bits per heavy atom. The first-order valence-corrected chi connectivity index (χ1v) is 5.61. The molecule has 1 aromatic heterocycles. The zero-order valence-electron chi connectivity index (χ0n) is 9.56. The summed E-state index contributed by atoms with van der Waals surface area (Å²) in [6.45, 7) is 1.93. The predicted octanol–water partition coefficient (Wildman–Crippen LogP) is 2.06. The fraction of sp³-hybridized carbons (Fsp3) is 0.333. The molecule has 1 N–H and O–H groups in total. The normalized spacial score (nSPS) is 16.1. The first-order chi connectivity index (χ1) is 8.15. The van der Waals surface area contributed by atoms with Crippen molar-refractivity contribution in [3.63, 3.8) is 0 Å². The van der Waals surface area contributed by atoms with Gasteiger partial charge in [-0.3, -0.25) is 10.1 Å². The van der Waals surface area contributed by atoms with Gasteiger partial charge >= 0.3 is 0 Å². The van der Waals surface area contributed by atoms with Crippen LogP contribution in [0.3, 0.4) is 0 Å². The number of aromatic amines is 1. The summed E-state index contributed by atoms with van der Waals surface area (Å²) in [5.74, 6) is 0. The van der Waals surface area contributed by atoms with Crippen LogP contribution >= 0.6 is 0 Å². The molecule has 88 valence electrons. The van der Waals surface area contributed by atoms with Crippen LogP contribution in [0, 0.1) is 10.1 Å². The summed E-state index contributed by atoms with van der Waals surface area (Å²) in [5.41, 5.74) is 3.52. The number of fused-ring (bicyclic) bond motifs is 3. The number of hydrogen-bond donors (Lipinski definition) is 1. The second-order valence-corrected chi connectivity index (χ2v) is 4.56. The van der Waals surface area contributed by atoms with Gasteiger partial charge in [-0.15, -0.1) is 0 Å². The number of rotatable bonds is 1. The number of nitro benzene ring substituents is 1. The van der Waals surface area contributed by atoms with E-state index in [9.17, 15) is 10.1 Å². The van der Waals surface area contributed by atoms with Gasteiger partial charge in [-0.05, 0) is 25.1 Å². The van der Waals surface area contributed by atoms with E-state index < -0.39 is 0 Å². The second-order valence-electron chi connectivity index (χ2n) is 4.56. The molecule has 0 bridgehead atoms. The number of non-ortho nitro benzene ring substituents is 1. The SMILES string of the molecule is CN1CCc2c([nH]c3cc([N+](=O)[O-])ccc23)C1. The number of benzene rings is 1. The Balaban J connectivity index is 2.17. The average Bonchev–Trinajstić information content (AvgIpc) is 2.64. The fourth-order valence-electron chi connectivity index (χ4n) is 2.49. The molecule has 1 aliphatic heterocycles. The minimum atomic E-state index is -0.356. The lowest BCUT2D eigenvalue weighted by atomic mass is 10.0. The van der Waals surface area contributed by atoms with Gasteiger partial charge in [0.05, 0.1) is 10.4 Å². The molecule has 1 aliphatic rings. The van der Waals surface area contributed by atoms with Crippen LogP contribution in [0.15, 0.2) is 18.2 Å². The number of aromatic nitrogens is 1. The van der Waals surface area contributed by atoms with Gasteiger partial charge in [0, 0.05) is 36.3 Å². The number of nitrogens with zero attached hydrogens (tertiary/aromatic N) is 2. The maximum Gasteiger partial charge on any atom is 0.271 e. The predicted molar refractivity (Wildman–Crippen MR) is 65.0 cm³/mol. The van der Waals surface area contributed by atoms with Crippen molar-refractivity contribution < 1.29 is 4.92 Å². The highest BCUT2D eigenvalue weighted by molar-refractivity contribution is 5.86. The molecule has 0 saturated carbocycles. The Hall–Kier alpha value is -1.88. The highest BCUT2D eigenvalue weighted by atomic mass is 16.6. The molecule has 0 saturated heterocycles. The van der Waals surface area contributed by atoms with E-state index in [1.165, 1.54) is 11.3 Å². The Morgan fingerprint density at radius 2 is 2.29 bits per heavy atom. The molecule has 5 heteroatoms. The van der Waals surface area contributed by atoms with E-state index in [1.54, 1.807) is 12.1 Å². The van der Waals surface area contributed by atoms with Crippen LogP contribution in [0.25, 0.3) is 10.9 Å². The van der Waals surface area contributed by atoms with Crippen LogP contribution in [0.1, 0.15) is 11.3 Å². The topological polar surface area (TPSA) is 62.2 Å². The first-order valence-electron chi connectivity index (χ1n) is 5.61. The summed E-state index contributed by atoms with van der Waals surface area (Å²) in [6, 6.07) is 5.05. The molecule has 17 heavy (non-hydrogen) atoms. The Kier molecular flexibility index (Phi) is 2.16. The molecule has 5 nitrogen and oxygen atoms in total.